The summed E-state index contributed by atoms with van der Waals surface area (Å²) in [5.41, 5.74) is 6.80. The zero-order valence-corrected chi connectivity index (χ0v) is 26.2. The molecule has 0 aliphatic rings. The number of sulfonamides is 1. The van der Waals surface area contributed by atoms with Gasteiger partial charge in [0.2, 0.25) is 21.8 Å². The first-order valence-corrected chi connectivity index (χ1v) is 16.2. The second-order valence-electron chi connectivity index (χ2n) is 11.5. The molecule has 0 heterocycles. The van der Waals surface area contributed by atoms with Crippen LogP contribution < -0.4 is 16.4 Å². The van der Waals surface area contributed by atoms with Crippen LogP contribution in [0.3, 0.4) is 0 Å². The molecule has 0 bridgehead atoms. The number of hydrogen-bond donors (Lipinski definition) is 4. The number of hydrogen-bond acceptors (Lipinski definition) is 6. The lowest BCUT2D eigenvalue weighted by atomic mass is 10.0. The second kappa shape index (κ2) is 16.1. The number of rotatable bonds is 16. The molecule has 0 saturated heterocycles. The van der Waals surface area contributed by atoms with Crippen molar-refractivity contribution < 1.29 is 36.3 Å². The fraction of sp³-hybridized carbons (Fsp3) is 0.438. The zero-order chi connectivity index (χ0) is 33.2. The number of nitrogens with one attached hydrogen (secondary N) is 2. The van der Waals surface area contributed by atoms with Gasteiger partial charge in [0.25, 0.3) is 0 Å². The van der Waals surface area contributed by atoms with E-state index < -0.39 is 53.1 Å². The Labute approximate surface area is 262 Å². The van der Waals surface area contributed by atoms with Gasteiger partial charge in [0, 0.05) is 31.2 Å². The maximum atomic E-state index is 13.4. The highest BCUT2D eigenvalue weighted by Gasteiger charge is 2.34. The number of carbonyl (C=O) groups excluding carboxylic acids is 2. The van der Waals surface area contributed by atoms with Crippen molar-refractivity contribution in [3.63, 3.8) is 0 Å². The number of aliphatic hydroxyl groups excluding tert-OH is 1. The molecule has 0 radical (unpaired) electrons. The van der Waals surface area contributed by atoms with E-state index in [4.69, 9.17) is 5.73 Å². The zero-order valence-electron chi connectivity index (χ0n) is 25.4. The van der Waals surface area contributed by atoms with Crippen molar-refractivity contribution >= 4 is 38.3 Å². The predicted molar refractivity (Wildman–Crippen MR) is 168 cm³/mol. The van der Waals surface area contributed by atoms with Crippen LogP contribution >= 0.6 is 0 Å². The molecule has 0 aliphatic heterocycles. The minimum Gasteiger partial charge on any atom is -0.399 e. The lowest BCUT2D eigenvalue weighted by Gasteiger charge is -2.31. The van der Waals surface area contributed by atoms with Crippen LogP contribution in [0.4, 0.5) is 18.9 Å². The first-order valence-electron chi connectivity index (χ1n) is 14.8. The van der Waals surface area contributed by atoms with Crippen molar-refractivity contribution in [1.29, 1.82) is 0 Å². The Bertz CT molecular complexity index is 1530. The van der Waals surface area contributed by atoms with E-state index in [1.165, 1.54) is 28.6 Å². The number of carbonyl (C=O) groups is 2. The normalized spacial score (nSPS) is 13.6. The number of nitrogens with zero attached hydrogens (tertiary/aromatic N) is 1. The van der Waals surface area contributed by atoms with Gasteiger partial charge in [0.1, 0.15) is 12.5 Å². The van der Waals surface area contributed by atoms with Gasteiger partial charge in [0.15, 0.2) is 0 Å². The quantitative estimate of drug-likeness (QED) is 0.134. The van der Waals surface area contributed by atoms with Gasteiger partial charge in [0.05, 0.1) is 11.5 Å². The largest absolute Gasteiger partial charge is 0.399 e. The Morgan fingerprint density at radius 1 is 0.978 bits per heavy atom. The minimum atomic E-state index is -4.72. The summed E-state index contributed by atoms with van der Waals surface area (Å²) in [6.45, 7) is 3.65. The summed E-state index contributed by atoms with van der Waals surface area (Å²) in [5.74, 6) is -1.96. The average molecular weight is 651 g/mol. The van der Waals surface area contributed by atoms with Crippen LogP contribution in [-0.4, -0.2) is 67.6 Å². The molecule has 9 nitrogen and oxygen atoms in total. The highest BCUT2D eigenvalue weighted by atomic mass is 32.2. The Balaban J connectivity index is 1.63. The first-order chi connectivity index (χ1) is 21.2. The number of benzene rings is 3. The van der Waals surface area contributed by atoms with Crippen LogP contribution in [0.15, 0.2) is 71.6 Å². The van der Waals surface area contributed by atoms with Gasteiger partial charge >= 0.3 is 6.18 Å². The molecule has 0 aromatic heterocycles. The van der Waals surface area contributed by atoms with Crippen LogP contribution in [0.1, 0.15) is 45.1 Å². The third-order valence-corrected chi connectivity index (χ3v) is 9.11. The van der Waals surface area contributed by atoms with Crippen LogP contribution in [0.25, 0.3) is 10.8 Å². The van der Waals surface area contributed by atoms with E-state index in [1.807, 2.05) is 50.2 Å². The number of anilines is 1. The third kappa shape index (κ3) is 11.0. The molecular weight excluding hydrogens is 609 g/mol. The average Bonchev–Trinajstić information content (AvgIpc) is 2.96. The van der Waals surface area contributed by atoms with Crippen molar-refractivity contribution in [1.82, 2.24) is 14.9 Å². The van der Waals surface area contributed by atoms with Gasteiger partial charge in [-0.15, -0.1) is 0 Å². The van der Waals surface area contributed by atoms with Gasteiger partial charge in [-0.3, -0.25) is 9.59 Å². The second-order valence-corrected chi connectivity index (χ2v) is 13.3. The molecule has 0 fully saturated rings. The molecule has 0 unspecified atom stereocenters. The topological polar surface area (TPSA) is 142 Å². The molecule has 0 aliphatic carbocycles. The van der Waals surface area contributed by atoms with Gasteiger partial charge in [-0.05, 0) is 59.4 Å². The summed E-state index contributed by atoms with van der Waals surface area (Å²) in [6.07, 6.45) is -5.30. The first kappa shape index (κ1) is 35.8. The molecule has 2 atom stereocenters. The number of aliphatic hydroxyl groups is 1. The van der Waals surface area contributed by atoms with Crippen molar-refractivity contribution in [2.75, 3.05) is 25.4 Å². The summed E-state index contributed by atoms with van der Waals surface area (Å²) in [6, 6.07) is 16.8. The maximum absolute atomic E-state index is 13.4. The smallest absolute Gasteiger partial charge is 0.397 e. The highest BCUT2D eigenvalue weighted by molar-refractivity contribution is 7.89. The van der Waals surface area contributed by atoms with Gasteiger partial charge in [-0.2, -0.15) is 17.5 Å². The Hall–Kier alpha value is -3.68. The van der Waals surface area contributed by atoms with E-state index in [0.29, 0.717) is 30.5 Å². The molecule has 3 rings (SSSR count). The molecule has 0 spiro atoms. The summed E-state index contributed by atoms with van der Waals surface area (Å²) in [5, 5.41) is 16.9. The molecule has 2 amide bonds. The van der Waals surface area contributed by atoms with Crippen molar-refractivity contribution in [2.24, 2.45) is 5.92 Å². The van der Waals surface area contributed by atoms with E-state index in [2.05, 4.69) is 10.6 Å². The Kier molecular flexibility index (Phi) is 12.8. The molecule has 246 valence electrons. The van der Waals surface area contributed by atoms with E-state index in [9.17, 15) is 36.3 Å². The highest BCUT2D eigenvalue weighted by Crippen LogP contribution is 2.24. The number of alkyl halides is 3. The van der Waals surface area contributed by atoms with Crippen LogP contribution in [0, 0.1) is 5.92 Å². The molecular formula is C32H41F3N4O5S. The van der Waals surface area contributed by atoms with E-state index in [-0.39, 0.29) is 30.3 Å². The number of amides is 2. The number of halogens is 3. The van der Waals surface area contributed by atoms with E-state index >= 15 is 0 Å². The lowest BCUT2D eigenvalue weighted by molar-refractivity contribution is -0.155. The molecule has 45 heavy (non-hydrogen) atoms. The molecule has 13 heteroatoms. The van der Waals surface area contributed by atoms with E-state index in [1.54, 1.807) is 6.07 Å². The standard InChI is InChI=1S/C32H41F3N4O5S/c1-22(2)20-39(45(43,44)28-14-12-26(36)13-15-28)27(21-40)9-5-6-16-37-31(42)29(38-30(41)19-32(33,34)35)18-23-10-11-24-7-3-4-8-25(24)17-23/h3-4,7-8,10-15,17,22,27,29,40H,5-6,9,16,18-21,36H2,1-2H3,(H,37,42)(H,38,41)/t27-,29-/m0/s1. The summed E-state index contributed by atoms with van der Waals surface area (Å²) in [4.78, 5) is 25.2. The fourth-order valence-corrected chi connectivity index (χ4v) is 6.79. The Morgan fingerprint density at radius 3 is 2.27 bits per heavy atom. The fourth-order valence-electron chi connectivity index (χ4n) is 4.98. The van der Waals surface area contributed by atoms with Crippen LogP contribution in [-0.2, 0) is 26.0 Å². The molecule has 3 aromatic carbocycles. The molecule has 0 saturated carbocycles. The minimum absolute atomic E-state index is 0.0139. The summed E-state index contributed by atoms with van der Waals surface area (Å²) < 4.78 is 66.7. The number of nitrogens with two attached hydrogens (primary N) is 1. The molecule has 3 aromatic rings. The monoisotopic (exact) mass is 650 g/mol. The van der Waals surface area contributed by atoms with Gasteiger partial charge in [-0.1, -0.05) is 62.7 Å². The predicted octanol–water partition coefficient (Wildman–Crippen LogP) is 4.40. The SMILES string of the molecule is CC(C)CN([C@H](CO)CCCCNC(=O)[C@H](Cc1ccc2ccccc2c1)NC(=O)CC(F)(F)F)S(=O)(=O)c1ccc(N)cc1. The number of nitrogen functional groups attached to an aromatic ring is 1. The van der Waals surface area contributed by atoms with Gasteiger partial charge in [-0.25, -0.2) is 8.42 Å². The third-order valence-electron chi connectivity index (χ3n) is 7.18. The van der Waals surface area contributed by atoms with Crippen molar-refractivity contribution in [3.8, 4) is 0 Å². The lowest BCUT2D eigenvalue weighted by Crippen LogP contribution is -2.49. The maximum Gasteiger partial charge on any atom is 0.397 e. The van der Waals surface area contributed by atoms with Crippen LogP contribution in [0.2, 0.25) is 0 Å². The van der Waals surface area contributed by atoms with Crippen LogP contribution in [0.5, 0.6) is 0 Å². The van der Waals surface area contributed by atoms with Crippen molar-refractivity contribution in [2.45, 2.75) is 69.1 Å². The van der Waals surface area contributed by atoms with Crippen molar-refractivity contribution in [3.05, 3.63) is 72.3 Å². The van der Waals surface area contributed by atoms with Gasteiger partial charge < -0.3 is 21.5 Å². The molecule has 5 N–H and O–H groups in total. The number of fused-ring (bicyclic) bond motifs is 1. The number of unbranched alkanes of at least 4 members (excludes halogenated alkanes) is 1. The summed E-state index contributed by atoms with van der Waals surface area (Å²) in [7, 11) is -3.93. The van der Waals surface area contributed by atoms with E-state index in [0.717, 1.165) is 10.8 Å². The summed E-state index contributed by atoms with van der Waals surface area (Å²) >= 11 is 0. The Morgan fingerprint density at radius 2 is 1.64 bits per heavy atom.